The lowest BCUT2D eigenvalue weighted by Gasteiger charge is -2.56. The van der Waals surface area contributed by atoms with E-state index in [1.807, 2.05) is 23.1 Å². The molecule has 3 aliphatic heterocycles. The molecule has 36 heavy (non-hydrogen) atoms. The average Bonchev–Trinajstić information content (AvgIpc) is 3.55. The van der Waals surface area contributed by atoms with Crippen LogP contribution >= 0.6 is 0 Å². The first-order valence-electron chi connectivity index (χ1n) is 12.7. The van der Waals surface area contributed by atoms with Crippen LogP contribution < -0.4 is 14.2 Å². The number of methoxy groups -OCH3 is 1. The highest BCUT2D eigenvalue weighted by Gasteiger charge is 2.55. The minimum absolute atomic E-state index is 0.0135. The zero-order chi connectivity index (χ0) is 24.6. The van der Waals surface area contributed by atoms with Crippen LogP contribution in [0.5, 0.6) is 17.2 Å². The molecule has 0 unspecified atom stereocenters. The normalized spacial score (nSPS) is 22.1. The number of fused-ring (bicyclic) bond motifs is 5. The third-order valence-electron chi connectivity index (χ3n) is 8.47. The summed E-state index contributed by atoms with van der Waals surface area (Å²) >= 11 is 0. The van der Waals surface area contributed by atoms with Crippen molar-refractivity contribution in [2.75, 3.05) is 40.1 Å². The number of carbonyl (C=O) groups is 1. The molecule has 8 heteroatoms. The maximum atomic E-state index is 12.9. The Labute approximate surface area is 209 Å². The number of carbonyl (C=O) groups excluding carboxylic acids is 1. The molecule has 1 aromatic heterocycles. The highest BCUT2D eigenvalue weighted by atomic mass is 16.7. The number of likely N-dealkylation sites (tertiary alicyclic amines) is 1. The lowest BCUT2D eigenvalue weighted by molar-refractivity contribution is -0.142. The molecule has 4 aliphatic rings. The first kappa shape index (κ1) is 22.0. The lowest BCUT2D eigenvalue weighted by atomic mass is 9.68. The summed E-state index contributed by atoms with van der Waals surface area (Å²) in [5, 5.41) is 11.9. The van der Waals surface area contributed by atoms with Gasteiger partial charge in [0.25, 0.3) is 0 Å². The van der Waals surface area contributed by atoms with Crippen molar-refractivity contribution in [1.82, 2.24) is 14.4 Å². The van der Waals surface area contributed by atoms with Crippen molar-refractivity contribution >= 4 is 16.8 Å². The molecular formula is C28H31N3O5. The van der Waals surface area contributed by atoms with Gasteiger partial charge in [-0.05, 0) is 48.2 Å². The van der Waals surface area contributed by atoms with Gasteiger partial charge in [-0.25, -0.2) is 0 Å². The van der Waals surface area contributed by atoms with E-state index < -0.39 is 0 Å². The van der Waals surface area contributed by atoms with Gasteiger partial charge in [0.2, 0.25) is 12.7 Å². The number of nitrogens with zero attached hydrogens (tertiary/aromatic N) is 3. The first-order valence-corrected chi connectivity index (χ1v) is 12.7. The number of hydrogen-bond donors (Lipinski definition) is 1. The molecular weight excluding hydrogens is 458 g/mol. The number of benzene rings is 2. The number of ether oxygens (including phenoxy) is 3. The number of aliphatic hydroxyl groups is 1. The highest BCUT2D eigenvalue weighted by Crippen LogP contribution is 2.51. The standard InChI is InChI=1S/C28H31N3O5/c1-29-21-10-19(34-2)6-7-20(21)25-26(29)22(12-32)30(11-17-3-8-23-24(9-17)36-16-35-23)13-28(25)14-31(15-28)27(33)18-4-5-18/h3,6-10,18,22,32H,4-5,11-16H2,1-2H3/t22-/m0/s1. The fourth-order valence-corrected chi connectivity index (χ4v) is 6.59. The average molecular weight is 490 g/mol. The van der Waals surface area contributed by atoms with Crippen LogP contribution in [0.25, 0.3) is 10.9 Å². The van der Waals surface area contributed by atoms with Crippen molar-refractivity contribution < 1.29 is 24.1 Å². The van der Waals surface area contributed by atoms with Gasteiger partial charge in [-0.2, -0.15) is 0 Å². The van der Waals surface area contributed by atoms with Crippen LogP contribution in [-0.4, -0.2) is 65.5 Å². The fourth-order valence-electron chi connectivity index (χ4n) is 6.59. The van der Waals surface area contributed by atoms with E-state index in [0.29, 0.717) is 12.5 Å². The first-order chi connectivity index (χ1) is 17.5. The molecule has 2 aromatic carbocycles. The van der Waals surface area contributed by atoms with Crippen molar-refractivity contribution in [3.63, 3.8) is 0 Å². The Morgan fingerprint density at radius 1 is 1.11 bits per heavy atom. The summed E-state index contributed by atoms with van der Waals surface area (Å²) in [5.74, 6) is 2.87. The number of rotatable bonds is 5. The van der Waals surface area contributed by atoms with Crippen molar-refractivity contribution in [3.8, 4) is 17.2 Å². The second-order valence-corrected chi connectivity index (χ2v) is 10.7. The third-order valence-corrected chi connectivity index (χ3v) is 8.47. The summed E-state index contributed by atoms with van der Waals surface area (Å²) in [6.07, 6.45) is 2.04. The van der Waals surface area contributed by atoms with E-state index in [2.05, 4.69) is 34.7 Å². The van der Waals surface area contributed by atoms with Crippen molar-refractivity contribution in [1.29, 1.82) is 0 Å². The third kappa shape index (κ3) is 3.17. The van der Waals surface area contributed by atoms with Gasteiger partial charge in [0.1, 0.15) is 5.75 Å². The van der Waals surface area contributed by atoms with E-state index in [0.717, 1.165) is 66.5 Å². The zero-order valence-electron chi connectivity index (χ0n) is 20.7. The fraction of sp³-hybridized carbons (Fsp3) is 0.464. The molecule has 1 saturated heterocycles. The van der Waals surface area contributed by atoms with Crippen molar-refractivity contribution in [2.45, 2.75) is 30.8 Å². The van der Waals surface area contributed by atoms with Crippen LogP contribution in [0.4, 0.5) is 0 Å². The van der Waals surface area contributed by atoms with Gasteiger partial charge in [0.15, 0.2) is 11.5 Å². The van der Waals surface area contributed by atoms with Crippen LogP contribution in [0.15, 0.2) is 36.4 Å². The molecule has 4 heterocycles. The van der Waals surface area contributed by atoms with Gasteiger partial charge < -0.3 is 28.8 Å². The second-order valence-electron chi connectivity index (χ2n) is 10.7. The molecule has 2 fully saturated rings. The van der Waals surface area contributed by atoms with Crippen LogP contribution in [0, 0.1) is 5.92 Å². The monoisotopic (exact) mass is 489 g/mol. The van der Waals surface area contributed by atoms with E-state index in [1.165, 1.54) is 10.9 Å². The molecule has 7 rings (SSSR count). The minimum Gasteiger partial charge on any atom is -0.497 e. The molecule has 8 nitrogen and oxygen atoms in total. The molecule has 1 saturated carbocycles. The summed E-state index contributed by atoms with van der Waals surface area (Å²) < 4.78 is 18.8. The Hall–Kier alpha value is -3.23. The summed E-state index contributed by atoms with van der Waals surface area (Å²) in [5.41, 5.74) is 4.45. The molecule has 3 aromatic rings. The van der Waals surface area contributed by atoms with E-state index in [9.17, 15) is 9.90 Å². The number of aliphatic hydroxyl groups excluding tert-OH is 1. The number of hydrogen-bond acceptors (Lipinski definition) is 6. The van der Waals surface area contributed by atoms with Crippen molar-refractivity contribution in [3.05, 3.63) is 53.2 Å². The molecule has 0 radical (unpaired) electrons. The molecule has 188 valence electrons. The summed E-state index contributed by atoms with van der Waals surface area (Å²) in [4.78, 5) is 17.3. The van der Waals surface area contributed by atoms with E-state index in [-0.39, 0.29) is 30.8 Å². The number of aryl methyl sites for hydroxylation is 1. The van der Waals surface area contributed by atoms with E-state index in [4.69, 9.17) is 14.2 Å². The maximum absolute atomic E-state index is 12.9. The lowest BCUT2D eigenvalue weighted by Crippen LogP contribution is -2.67. The number of aromatic nitrogens is 1. The summed E-state index contributed by atoms with van der Waals surface area (Å²) in [6.45, 7) is 3.15. The van der Waals surface area contributed by atoms with Gasteiger partial charge in [-0.1, -0.05) is 6.07 Å². The predicted molar refractivity (Wildman–Crippen MR) is 133 cm³/mol. The molecule has 1 aliphatic carbocycles. The minimum atomic E-state index is -0.171. The van der Waals surface area contributed by atoms with Crippen LogP contribution in [0.1, 0.15) is 35.7 Å². The molecule has 1 atom stereocenters. The smallest absolute Gasteiger partial charge is 0.231 e. The molecule has 1 amide bonds. The zero-order valence-corrected chi connectivity index (χ0v) is 20.7. The molecule has 0 bridgehead atoms. The maximum Gasteiger partial charge on any atom is 0.231 e. The Bertz CT molecular complexity index is 1370. The predicted octanol–water partition coefficient (Wildman–Crippen LogP) is 2.95. The quantitative estimate of drug-likeness (QED) is 0.594. The summed E-state index contributed by atoms with van der Waals surface area (Å²) in [7, 11) is 3.76. The van der Waals surface area contributed by atoms with E-state index in [1.54, 1.807) is 7.11 Å². The highest BCUT2D eigenvalue weighted by molar-refractivity contribution is 5.90. The second kappa shape index (κ2) is 7.88. The Kier molecular flexibility index (Phi) is 4.82. The molecule has 1 spiro atoms. The van der Waals surface area contributed by atoms with Crippen LogP contribution in [-0.2, 0) is 23.8 Å². The van der Waals surface area contributed by atoms with Gasteiger partial charge in [-0.3, -0.25) is 9.69 Å². The summed E-state index contributed by atoms with van der Waals surface area (Å²) in [6, 6.07) is 12.1. The largest absolute Gasteiger partial charge is 0.497 e. The Balaban J connectivity index is 1.32. The van der Waals surface area contributed by atoms with Gasteiger partial charge in [-0.15, -0.1) is 0 Å². The Morgan fingerprint density at radius 2 is 1.92 bits per heavy atom. The van der Waals surface area contributed by atoms with E-state index >= 15 is 0 Å². The molecule has 1 N–H and O–H groups in total. The van der Waals surface area contributed by atoms with Gasteiger partial charge in [0, 0.05) is 61.7 Å². The van der Waals surface area contributed by atoms with Gasteiger partial charge in [0.05, 0.1) is 25.3 Å². The Morgan fingerprint density at radius 3 is 2.67 bits per heavy atom. The van der Waals surface area contributed by atoms with Crippen LogP contribution in [0.3, 0.4) is 0 Å². The van der Waals surface area contributed by atoms with Crippen LogP contribution in [0.2, 0.25) is 0 Å². The van der Waals surface area contributed by atoms with Crippen molar-refractivity contribution in [2.24, 2.45) is 13.0 Å². The number of amides is 1. The SMILES string of the molecule is COc1ccc2c3c(n(C)c2c1)[C@H](CO)N(Cc1ccc2c(c1)OCO2)CC31CN(C(=O)C2CC2)C1. The van der Waals surface area contributed by atoms with Gasteiger partial charge >= 0.3 is 0 Å². The topological polar surface area (TPSA) is 76.4 Å².